The van der Waals surface area contributed by atoms with Crippen LogP contribution in [0, 0.1) is 13.8 Å². The first-order chi connectivity index (χ1) is 8.59. The van der Waals surface area contributed by atoms with Crippen molar-refractivity contribution in [1.82, 2.24) is 10.1 Å². The van der Waals surface area contributed by atoms with Crippen molar-refractivity contribution >= 4 is 22.9 Å². The maximum Gasteiger partial charge on any atom is 0.138 e. The molecule has 0 aliphatic carbocycles. The standard InChI is InChI=1S/C12H14N4OS/c1-7-10(8(2)17-16-7)5-15-11-6-14-4-3-9(11)12(13)18/h3-4,6,15H,5H2,1-2H3,(H2,13,18). The molecule has 2 aromatic heterocycles. The maximum absolute atomic E-state index is 5.66. The van der Waals surface area contributed by atoms with Crippen LogP contribution in [0.5, 0.6) is 0 Å². The molecule has 0 unspecified atom stereocenters. The molecule has 0 aliphatic rings. The van der Waals surface area contributed by atoms with E-state index >= 15 is 0 Å². The number of hydrogen-bond donors (Lipinski definition) is 2. The van der Waals surface area contributed by atoms with Gasteiger partial charge in [0.2, 0.25) is 0 Å². The van der Waals surface area contributed by atoms with Crippen molar-refractivity contribution in [1.29, 1.82) is 0 Å². The van der Waals surface area contributed by atoms with Gasteiger partial charge in [0.05, 0.1) is 17.6 Å². The molecule has 0 spiro atoms. The number of nitrogens with zero attached hydrogens (tertiary/aromatic N) is 2. The third kappa shape index (κ3) is 2.48. The number of aromatic nitrogens is 2. The lowest BCUT2D eigenvalue weighted by Gasteiger charge is -2.10. The van der Waals surface area contributed by atoms with E-state index in [-0.39, 0.29) is 0 Å². The van der Waals surface area contributed by atoms with E-state index in [4.69, 9.17) is 22.5 Å². The Morgan fingerprint density at radius 1 is 1.50 bits per heavy atom. The molecule has 0 saturated heterocycles. The Bertz CT molecular complexity index is 560. The molecule has 2 heterocycles. The van der Waals surface area contributed by atoms with Gasteiger partial charge in [-0.1, -0.05) is 17.4 Å². The summed E-state index contributed by atoms with van der Waals surface area (Å²) in [7, 11) is 0. The predicted molar refractivity (Wildman–Crippen MR) is 73.4 cm³/mol. The molecule has 5 nitrogen and oxygen atoms in total. The quantitative estimate of drug-likeness (QED) is 0.820. The summed E-state index contributed by atoms with van der Waals surface area (Å²) in [6.45, 7) is 4.39. The van der Waals surface area contributed by atoms with Gasteiger partial charge in [-0.2, -0.15) is 0 Å². The van der Waals surface area contributed by atoms with Crippen molar-refractivity contribution in [3.05, 3.63) is 41.0 Å². The summed E-state index contributed by atoms with van der Waals surface area (Å²) in [5, 5.41) is 7.15. The minimum atomic E-state index is 0.346. The van der Waals surface area contributed by atoms with Gasteiger partial charge in [-0.25, -0.2) is 0 Å². The third-order valence-corrected chi connectivity index (χ3v) is 2.94. The van der Waals surface area contributed by atoms with E-state index < -0.39 is 0 Å². The second-order valence-electron chi connectivity index (χ2n) is 3.94. The average Bonchev–Trinajstić information content (AvgIpc) is 2.67. The van der Waals surface area contributed by atoms with Gasteiger partial charge in [0.15, 0.2) is 0 Å². The number of rotatable bonds is 4. The molecule has 0 aromatic carbocycles. The molecule has 2 rings (SSSR count). The second kappa shape index (κ2) is 5.14. The van der Waals surface area contributed by atoms with Crippen LogP contribution in [-0.2, 0) is 6.54 Å². The summed E-state index contributed by atoms with van der Waals surface area (Å²) in [6.07, 6.45) is 3.36. The number of thiocarbonyl (C=S) groups is 1. The molecule has 0 saturated carbocycles. The SMILES string of the molecule is Cc1noc(C)c1CNc1cnccc1C(N)=S. The molecule has 0 atom stereocenters. The van der Waals surface area contributed by atoms with E-state index in [0.29, 0.717) is 11.5 Å². The smallest absolute Gasteiger partial charge is 0.138 e. The zero-order chi connectivity index (χ0) is 13.1. The maximum atomic E-state index is 5.66. The van der Waals surface area contributed by atoms with Crippen molar-refractivity contribution in [2.75, 3.05) is 5.32 Å². The average molecular weight is 262 g/mol. The highest BCUT2D eigenvalue weighted by molar-refractivity contribution is 7.80. The second-order valence-corrected chi connectivity index (χ2v) is 4.38. The van der Waals surface area contributed by atoms with Crippen LogP contribution >= 0.6 is 12.2 Å². The highest BCUT2D eigenvalue weighted by Crippen LogP contribution is 2.17. The molecule has 0 aliphatic heterocycles. The summed E-state index contributed by atoms with van der Waals surface area (Å²) >= 11 is 4.99. The van der Waals surface area contributed by atoms with Gasteiger partial charge in [0.25, 0.3) is 0 Å². The van der Waals surface area contributed by atoms with Crippen molar-refractivity contribution in [2.45, 2.75) is 20.4 Å². The molecule has 0 fully saturated rings. The van der Waals surface area contributed by atoms with Gasteiger partial charge in [-0.15, -0.1) is 0 Å². The first kappa shape index (κ1) is 12.5. The van der Waals surface area contributed by atoms with E-state index in [1.807, 2.05) is 13.8 Å². The summed E-state index contributed by atoms with van der Waals surface area (Å²) < 4.78 is 5.11. The normalized spacial score (nSPS) is 10.3. The fraction of sp³-hybridized carbons (Fsp3) is 0.250. The Morgan fingerprint density at radius 2 is 2.28 bits per heavy atom. The Kier molecular flexibility index (Phi) is 3.57. The molecule has 3 N–H and O–H groups in total. The minimum Gasteiger partial charge on any atom is -0.389 e. The monoisotopic (exact) mass is 262 g/mol. The van der Waals surface area contributed by atoms with Gasteiger partial charge >= 0.3 is 0 Å². The number of anilines is 1. The van der Waals surface area contributed by atoms with Gasteiger partial charge in [0.1, 0.15) is 10.7 Å². The van der Waals surface area contributed by atoms with Crippen molar-refractivity contribution in [2.24, 2.45) is 5.73 Å². The molecule has 2 aromatic rings. The first-order valence-corrected chi connectivity index (χ1v) is 5.90. The molecule has 0 amide bonds. The van der Waals surface area contributed by atoms with Crippen LogP contribution in [-0.4, -0.2) is 15.1 Å². The van der Waals surface area contributed by atoms with E-state index in [2.05, 4.69) is 15.5 Å². The Hall–Kier alpha value is -1.95. The van der Waals surface area contributed by atoms with Gasteiger partial charge < -0.3 is 15.6 Å². The number of nitrogens with two attached hydrogens (primary N) is 1. The minimum absolute atomic E-state index is 0.346. The number of hydrogen-bond acceptors (Lipinski definition) is 5. The summed E-state index contributed by atoms with van der Waals surface area (Å²) in [5.74, 6) is 0.806. The Balaban J connectivity index is 2.18. The first-order valence-electron chi connectivity index (χ1n) is 5.49. The summed E-state index contributed by atoms with van der Waals surface area (Å²) in [6, 6.07) is 1.79. The summed E-state index contributed by atoms with van der Waals surface area (Å²) in [4.78, 5) is 4.40. The zero-order valence-corrected chi connectivity index (χ0v) is 11.0. The number of aryl methyl sites for hydroxylation is 2. The van der Waals surface area contributed by atoms with E-state index in [0.717, 1.165) is 28.3 Å². The zero-order valence-electron chi connectivity index (χ0n) is 10.2. The highest BCUT2D eigenvalue weighted by Gasteiger charge is 2.10. The van der Waals surface area contributed by atoms with Crippen LogP contribution in [0.15, 0.2) is 23.0 Å². The molecule has 0 bridgehead atoms. The van der Waals surface area contributed by atoms with Crippen LogP contribution < -0.4 is 11.1 Å². The van der Waals surface area contributed by atoms with Crippen LogP contribution in [0.4, 0.5) is 5.69 Å². The Labute approximate surface area is 110 Å². The summed E-state index contributed by atoms with van der Waals surface area (Å²) in [5.41, 5.74) is 9.16. The molecule has 6 heteroatoms. The number of pyridine rings is 1. The van der Waals surface area contributed by atoms with Gasteiger partial charge in [0, 0.05) is 23.9 Å². The molecular formula is C12H14N4OS. The fourth-order valence-electron chi connectivity index (χ4n) is 1.69. The largest absolute Gasteiger partial charge is 0.389 e. The Morgan fingerprint density at radius 3 is 2.89 bits per heavy atom. The van der Waals surface area contributed by atoms with Crippen LogP contribution in [0.1, 0.15) is 22.6 Å². The number of nitrogens with one attached hydrogen (secondary N) is 1. The third-order valence-electron chi connectivity index (χ3n) is 2.72. The lowest BCUT2D eigenvalue weighted by atomic mass is 10.2. The van der Waals surface area contributed by atoms with Crippen molar-refractivity contribution in [3.63, 3.8) is 0 Å². The van der Waals surface area contributed by atoms with Crippen molar-refractivity contribution < 1.29 is 4.52 Å². The van der Waals surface area contributed by atoms with Crippen LogP contribution in [0.3, 0.4) is 0 Å². The molecule has 18 heavy (non-hydrogen) atoms. The fourth-order valence-corrected chi connectivity index (χ4v) is 1.87. The van der Waals surface area contributed by atoms with Gasteiger partial charge in [-0.05, 0) is 19.9 Å². The predicted octanol–water partition coefficient (Wildman–Crippen LogP) is 1.93. The lowest BCUT2D eigenvalue weighted by molar-refractivity contribution is 0.392. The van der Waals surface area contributed by atoms with Crippen LogP contribution in [0.2, 0.25) is 0 Å². The molecule has 94 valence electrons. The molecule has 0 radical (unpaired) electrons. The van der Waals surface area contributed by atoms with Gasteiger partial charge in [-0.3, -0.25) is 4.98 Å². The molecular weight excluding hydrogens is 248 g/mol. The van der Waals surface area contributed by atoms with E-state index in [1.165, 1.54) is 0 Å². The van der Waals surface area contributed by atoms with Crippen molar-refractivity contribution in [3.8, 4) is 0 Å². The van der Waals surface area contributed by atoms with E-state index in [1.54, 1.807) is 18.5 Å². The van der Waals surface area contributed by atoms with Crippen LogP contribution in [0.25, 0.3) is 0 Å². The topological polar surface area (TPSA) is 77.0 Å². The lowest BCUT2D eigenvalue weighted by Crippen LogP contribution is -2.13. The van der Waals surface area contributed by atoms with E-state index in [9.17, 15) is 0 Å². The highest BCUT2D eigenvalue weighted by atomic mass is 32.1.